The number of benzene rings is 1. The van der Waals surface area contributed by atoms with Crippen LogP contribution < -0.4 is 5.32 Å². The van der Waals surface area contributed by atoms with Crippen LogP contribution in [0.15, 0.2) is 59.1 Å². The molecule has 1 saturated heterocycles. The second-order valence-corrected chi connectivity index (χ2v) is 9.89. The fourth-order valence-electron chi connectivity index (χ4n) is 3.29. The van der Waals surface area contributed by atoms with E-state index >= 15 is 0 Å². The van der Waals surface area contributed by atoms with Gasteiger partial charge in [0.2, 0.25) is 15.9 Å². The molecule has 1 N–H and O–H groups in total. The average Bonchev–Trinajstić information content (AvgIpc) is 3.46. The number of aromatic nitrogens is 2. The van der Waals surface area contributed by atoms with Crippen molar-refractivity contribution in [3.63, 3.8) is 0 Å². The molecular formula is C21H22N4O3S2. The van der Waals surface area contributed by atoms with Gasteiger partial charge in [-0.1, -0.05) is 12.1 Å². The number of rotatable bonds is 7. The van der Waals surface area contributed by atoms with E-state index < -0.39 is 10.0 Å². The molecule has 0 spiro atoms. The highest BCUT2D eigenvalue weighted by atomic mass is 32.2. The first-order valence-electron chi connectivity index (χ1n) is 9.73. The van der Waals surface area contributed by atoms with Gasteiger partial charge in [0.1, 0.15) is 5.01 Å². The standard InChI is InChI=1S/C21H22N4O3S2/c26-20(12-18-15-29-21(24-18)17-4-3-9-22-14-17)23-13-16-5-7-19(8-6-16)30(27,28)25-10-1-2-11-25/h3-9,14-15H,1-2,10-13H2,(H,23,26). The van der Waals surface area contributed by atoms with Crippen LogP contribution >= 0.6 is 11.3 Å². The van der Waals surface area contributed by atoms with E-state index in [-0.39, 0.29) is 12.3 Å². The molecule has 0 bridgehead atoms. The molecule has 4 rings (SSSR count). The largest absolute Gasteiger partial charge is 0.352 e. The average molecular weight is 443 g/mol. The van der Waals surface area contributed by atoms with Crippen LogP contribution in [0, 0.1) is 0 Å². The summed E-state index contributed by atoms with van der Waals surface area (Å²) in [7, 11) is -3.41. The summed E-state index contributed by atoms with van der Waals surface area (Å²) >= 11 is 1.48. The first-order valence-corrected chi connectivity index (χ1v) is 12.0. The third-order valence-electron chi connectivity index (χ3n) is 4.92. The highest BCUT2D eigenvalue weighted by molar-refractivity contribution is 7.89. The van der Waals surface area contributed by atoms with Crippen molar-refractivity contribution in [3.8, 4) is 10.6 Å². The van der Waals surface area contributed by atoms with Gasteiger partial charge in [-0.2, -0.15) is 4.31 Å². The molecule has 1 aliphatic heterocycles. The minimum absolute atomic E-state index is 0.133. The molecule has 0 unspecified atom stereocenters. The molecule has 9 heteroatoms. The van der Waals surface area contributed by atoms with Gasteiger partial charge in [-0.3, -0.25) is 9.78 Å². The number of hydrogen-bond acceptors (Lipinski definition) is 6. The summed E-state index contributed by atoms with van der Waals surface area (Å²) in [5.41, 5.74) is 2.49. The van der Waals surface area contributed by atoms with E-state index in [0.717, 1.165) is 29.0 Å². The zero-order chi connectivity index (χ0) is 21.0. The van der Waals surface area contributed by atoms with E-state index in [2.05, 4.69) is 15.3 Å². The molecule has 3 aromatic rings. The second kappa shape index (κ2) is 9.03. The lowest BCUT2D eigenvalue weighted by Gasteiger charge is -2.15. The summed E-state index contributed by atoms with van der Waals surface area (Å²) in [5, 5.41) is 5.57. The van der Waals surface area contributed by atoms with Crippen molar-refractivity contribution in [2.75, 3.05) is 13.1 Å². The van der Waals surface area contributed by atoms with Gasteiger partial charge in [0, 0.05) is 43.0 Å². The minimum atomic E-state index is -3.41. The molecule has 1 aromatic carbocycles. The third-order valence-corrected chi connectivity index (χ3v) is 7.77. The van der Waals surface area contributed by atoms with Gasteiger partial charge in [-0.15, -0.1) is 11.3 Å². The lowest BCUT2D eigenvalue weighted by Crippen LogP contribution is -2.28. The third kappa shape index (κ3) is 4.75. The summed E-state index contributed by atoms with van der Waals surface area (Å²) in [4.78, 5) is 21.1. The van der Waals surface area contributed by atoms with Gasteiger partial charge >= 0.3 is 0 Å². The molecule has 0 saturated carbocycles. The van der Waals surface area contributed by atoms with E-state index in [1.807, 2.05) is 17.5 Å². The zero-order valence-corrected chi connectivity index (χ0v) is 18.0. The number of amides is 1. The first kappa shape index (κ1) is 20.6. The van der Waals surface area contributed by atoms with E-state index in [0.29, 0.717) is 30.2 Å². The summed E-state index contributed by atoms with van der Waals surface area (Å²) in [5.74, 6) is -0.133. The minimum Gasteiger partial charge on any atom is -0.352 e. The number of pyridine rings is 1. The number of carbonyl (C=O) groups excluding carboxylic acids is 1. The van der Waals surface area contributed by atoms with Crippen LogP contribution in [-0.2, 0) is 27.8 Å². The number of thiazole rings is 1. The summed E-state index contributed by atoms with van der Waals surface area (Å²) < 4.78 is 26.7. The fourth-order valence-corrected chi connectivity index (χ4v) is 5.62. The topological polar surface area (TPSA) is 92.3 Å². The molecule has 1 fully saturated rings. The normalized spacial score (nSPS) is 14.7. The summed E-state index contributed by atoms with van der Waals surface area (Å²) in [6, 6.07) is 10.5. The number of sulfonamides is 1. The molecule has 0 aliphatic carbocycles. The molecule has 0 atom stereocenters. The maximum Gasteiger partial charge on any atom is 0.243 e. The Balaban J connectivity index is 1.31. The zero-order valence-electron chi connectivity index (χ0n) is 16.3. The number of nitrogens with zero attached hydrogens (tertiary/aromatic N) is 3. The highest BCUT2D eigenvalue weighted by Crippen LogP contribution is 2.23. The second-order valence-electron chi connectivity index (χ2n) is 7.09. The molecule has 0 radical (unpaired) electrons. The van der Waals surface area contributed by atoms with Crippen LogP contribution in [0.5, 0.6) is 0 Å². The van der Waals surface area contributed by atoms with Crippen molar-refractivity contribution in [1.82, 2.24) is 19.6 Å². The Hall–Kier alpha value is -2.62. The Morgan fingerprint density at radius 1 is 1.13 bits per heavy atom. The van der Waals surface area contributed by atoms with E-state index in [9.17, 15) is 13.2 Å². The van der Waals surface area contributed by atoms with Crippen LogP contribution in [0.25, 0.3) is 10.6 Å². The van der Waals surface area contributed by atoms with Crippen LogP contribution in [-0.4, -0.2) is 41.7 Å². The quantitative estimate of drug-likeness (QED) is 0.607. The summed E-state index contributed by atoms with van der Waals surface area (Å²) in [6.07, 6.45) is 5.46. The van der Waals surface area contributed by atoms with Gasteiger partial charge in [-0.05, 0) is 42.7 Å². The number of carbonyl (C=O) groups is 1. The van der Waals surface area contributed by atoms with Crippen LogP contribution in [0.1, 0.15) is 24.1 Å². The molecule has 1 aliphatic rings. The smallest absolute Gasteiger partial charge is 0.243 e. The van der Waals surface area contributed by atoms with E-state index in [1.54, 1.807) is 36.7 Å². The Morgan fingerprint density at radius 2 is 1.90 bits per heavy atom. The van der Waals surface area contributed by atoms with Crippen LogP contribution in [0.4, 0.5) is 0 Å². The maximum atomic E-state index is 12.6. The Labute approximate surface area is 179 Å². The fraction of sp³-hybridized carbons (Fsp3) is 0.286. The van der Waals surface area contributed by atoms with Gasteiger partial charge < -0.3 is 5.32 Å². The first-order chi connectivity index (χ1) is 14.5. The SMILES string of the molecule is O=C(Cc1csc(-c2cccnc2)n1)NCc1ccc(S(=O)(=O)N2CCCC2)cc1. The lowest BCUT2D eigenvalue weighted by atomic mass is 10.2. The van der Waals surface area contributed by atoms with Crippen LogP contribution in [0.3, 0.4) is 0 Å². The van der Waals surface area contributed by atoms with Crippen molar-refractivity contribution in [2.24, 2.45) is 0 Å². The lowest BCUT2D eigenvalue weighted by molar-refractivity contribution is -0.120. The van der Waals surface area contributed by atoms with Gasteiger partial charge in [0.05, 0.1) is 17.0 Å². The van der Waals surface area contributed by atoms with Gasteiger partial charge in [0.15, 0.2) is 0 Å². The van der Waals surface area contributed by atoms with E-state index in [1.165, 1.54) is 15.6 Å². The predicted molar refractivity (Wildman–Crippen MR) is 115 cm³/mol. The molecule has 30 heavy (non-hydrogen) atoms. The van der Waals surface area contributed by atoms with Crippen molar-refractivity contribution in [3.05, 3.63) is 65.4 Å². The Bertz CT molecular complexity index is 1110. The molecule has 7 nitrogen and oxygen atoms in total. The summed E-state index contributed by atoms with van der Waals surface area (Å²) in [6.45, 7) is 1.50. The molecule has 1 amide bonds. The van der Waals surface area contributed by atoms with Crippen molar-refractivity contribution >= 4 is 27.3 Å². The monoisotopic (exact) mass is 442 g/mol. The van der Waals surface area contributed by atoms with Gasteiger partial charge in [-0.25, -0.2) is 13.4 Å². The molecular weight excluding hydrogens is 420 g/mol. The molecule has 2 aromatic heterocycles. The highest BCUT2D eigenvalue weighted by Gasteiger charge is 2.26. The van der Waals surface area contributed by atoms with E-state index in [4.69, 9.17) is 0 Å². The number of hydrogen-bond donors (Lipinski definition) is 1. The van der Waals surface area contributed by atoms with Gasteiger partial charge in [0.25, 0.3) is 0 Å². The Kier molecular flexibility index (Phi) is 6.21. The maximum absolute atomic E-state index is 12.6. The number of nitrogens with one attached hydrogen (secondary N) is 1. The van der Waals surface area contributed by atoms with Crippen molar-refractivity contribution in [1.29, 1.82) is 0 Å². The predicted octanol–water partition coefficient (Wildman–Crippen LogP) is 2.85. The molecule has 156 valence electrons. The van der Waals surface area contributed by atoms with Crippen molar-refractivity contribution < 1.29 is 13.2 Å². The van der Waals surface area contributed by atoms with Crippen LogP contribution in [0.2, 0.25) is 0 Å². The Morgan fingerprint density at radius 3 is 2.60 bits per heavy atom. The van der Waals surface area contributed by atoms with Crippen molar-refractivity contribution in [2.45, 2.75) is 30.7 Å². The molecule has 3 heterocycles.